The van der Waals surface area contributed by atoms with E-state index in [4.69, 9.17) is 9.88 Å². The largest absolute Gasteiger partial charge is 0.492 e. The van der Waals surface area contributed by atoms with Gasteiger partial charge in [0.25, 0.3) is 0 Å². The van der Waals surface area contributed by atoms with E-state index in [1.54, 1.807) is 12.1 Å². The lowest BCUT2D eigenvalue weighted by Gasteiger charge is -2.34. The van der Waals surface area contributed by atoms with Gasteiger partial charge < -0.3 is 9.84 Å². The molecule has 1 aliphatic heterocycles. The molecule has 7 heteroatoms. The zero-order valence-electron chi connectivity index (χ0n) is 12.1. The van der Waals surface area contributed by atoms with Crippen LogP contribution < -0.4 is 9.88 Å². The summed E-state index contributed by atoms with van der Waals surface area (Å²) < 4.78 is 27.9. The molecule has 0 spiro atoms. The van der Waals surface area contributed by atoms with Crippen molar-refractivity contribution in [1.82, 2.24) is 4.90 Å². The van der Waals surface area contributed by atoms with E-state index >= 15 is 0 Å². The molecular weight excluding hydrogens is 292 g/mol. The monoisotopic (exact) mass is 314 g/mol. The molecule has 1 aromatic carbocycles. The maximum atomic E-state index is 11.1. The van der Waals surface area contributed by atoms with Crippen LogP contribution in [-0.2, 0) is 10.0 Å². The number of likely N-dealkylation sites (tertiary alicyclic amines) is 1. The van der Waals surface area contributed by atoms with Crippen LogP contribution in [0.3, 0.4) is 0 Å². The molecule has 6 nitrogen and oxygen atoms in total. The Bertz CT molecular complexity index is 559. The molecule has 0 bridgehead atoms. The Hall–Kier alpha value is -1.15. The first-order valence-electron chi connectivity index (χ1n) is 7.02. The predicted molar refractivity (Wildman–Crippen MR) is 79.5 cm³/mol. The summed E-state index contributed by atoms with van der Waals surface area (Å²) in [5, 5.41) is 14.7. The number of aliphatic hydroxyl groups excluding tert-OH is 1. The minimum atomic E-state index is -3.66. The highest BCUT2D eigenvalue weighted by Crippen LogP contribution is 2.17. The summed E-state index contributed by atoms with van der Waals surface area (Å²) in [5.41, 5.74) is 0. The van der Waals surface area contributed by atoms with Gasteiger partial charge in [0.05, 0.1) is 11.0 Å². The standard InChI is InChI=1S/C14H22N2O4S/c1-11-10-16(7-6-14(11)17)8-9-20-12-2-4-13(5-3-12)21(15,18)19/h2-5,11,14,17H,6-10H2,1H3,(H2,15,18,19). The molecule has 0 saturated carbocycles. The van der Waals surface area contributed by atoms with Crippen molar-refractivity contribution in [2.24, 2.45) is 11.1 Å². The summed E-state index contributed by atoms with van der Waals surface area (Å²) in [4.78, 5) is 2.34. The topological polar surface area (TPSA) is 92.9 Å². The Morgan fingerprint density at radius 1 is 1.38 bits per heavy atom. The molecule has 0 aromatic heterocycles. The van der Waals surface area contributed by atoms with E-state index in [2.05, 4.69) is 4.90 Å². The first-order chi connectivity index (χ1) is 9.86. The second-order valence-electron chi connectivity index (χ2n) is 5.50. The van der Waals surface area contributed by atoms with Gasteiger partial charge >= 0.3 is 0 Å². The first-order valence-corrected chi connectivity index (χ1v) is 8.57. The molecule has 0 aliphatic carbocycles. The van der Waals surface area contributed by atoms with E-state index in [0.717, 1.165) is 26.1 Å². The van der Waals surface area contributed by atoms with E-state index in [0.29, 0.717) is 12.4 Å². The summed E-state index contributed by atoms with van der Waals surface area (Å²) in [5.74, 6) is 0.903. The molecule has 21 heavy (non-hydrogen) atoms. The summed E-state index contributed by atoms with van der Waals surface area (Å²) >= 11 is 0. The highest BCUT2D eigenvalue weighted by atomic mass is 32.2. The van der Waals surface area contributed by atoms with Crippen LogP contribution in [0.25, 0.3) is 0 Å². The average molecular weight is 314 g/mol. The van der Waals surface area contributed by atoms with Gasteiger partial charge in [-0.15, -0.1) is 0 Å². The Morgan fingerprint density at radius 3 is 2.62 bits per heavy atom. The van der Waals surface area contributed by atoms with E-state index in [9.17, 15) is 13.5 Å². The summed E-state index contributed by atoms with van der Waals surface area (Å²) in [6.07, 6.45) is 0.595. The molecule has 1 saturated heterocycles. The van der Waals surface area contributed by atoms with Crippen molar-refractivity contribution in [2.75, 3.05) is 26.2 Å². The molecular formula is C14H22N2O4S. The van der Waals surface area contributed by atoms with E-state index in [1.165, 1.54) is 12.1 Å². The Labute approximate surface area is 125 Å². The summed E-state index contributed by atoms with van der Waals surface area (Å²) in [6.45, 7) is 5.10. The molecule has 2 atom stereocenters. The van der Waals surface area contributed by atoms with Crippen LogP contribution in [0.2, 0.25) is 0 Å². The number of sulfonamides is 1. The molecule has 0 amide bonds. The van der Waals surface area contributed by atoms with Crippen LogP contribution >= 0.6 is 0 Å². The lowest BCUT2D eigenvalue weighted by molar-refractivity contribution is 0.0304. The van der Waals surface area contributed by atoms with Gasteiger partial charge in [-0.05, 0) is 36.6 Å². The van der Waals surface area contributed by atoms with Gasteiger partial charge in [-0.1, -0.05) is 6.92 Å². The molecule has 2 unspecified atom stereocenters. The van der Waals surface area contributed by atoms with Gasteiger partial charge in [0, 0.05) is 19.6 Å². The van der Waals surface area contributed by atoms with Gasteiger partial charge in [0.1, 0.15) is 12.4 Å². The van der Waals surface area contributed by atoms with E-state index in [-0.39, 0.29) is 16.9 Å². The fourth-order valence-corrected chi connectivity index (χ4v) is 2.96. The molecule has 2 rings (SSSR count). The lowest BCUT2D eigenvalue weighted by Crippen LogP contribution is -2.43. The molecule has 1 aliphatic rings. The quantitative estimate of drug-likeness (QED) is 0.821. The van der Waals surface area contributed by atoms with Crippen molar-refractivity contribution in [2.45, 2.75) is 24.3 Å². The van der Waals surface area contributed by atoms with Crippen molar-refractivity contribution < 1.29 is 18.3 Å². The smallest absolute Gasteiger partial charge is 0.238 e. The van der Waals surface area contributed by atoms with Crippen LogP contribution in [-0.4, -0.2) is 50.8 Å². The van der Waals surface area contributed by atoms with Crippen molar-refractivity contribution in [3.63, 3.8) is 0 Å². The number of ether oxygens (including phenoxy) is 1. The highest BCUT2D eigenvalue weighted by Gasteiger charge is 2.23. The third-order valence-electron chi connectivity index (χ3n) is 3.77. The van der Waals surface area contributed by atoms with Gasteiger partial charge in [-0.2, -0.15) is 0 Å². The number of hydrogen-bond donors (Lipinski definition) is 2. The Kier molecular flexibility index (Phi) is 5.21. The second kappa shape index (κ2) is 6.74. The van der Waals surface area contributed by atoms with Gasteiger partial charge in [-0.25, -0.2) is 13.6 Å². The number of nitrogens with zero attached hydrogens (tertiary/aromatic N) is 1. The number of primary sulfonamides is 1. The summed E-state index contributed by atoms with van der Waals surface area (Å²) in [7, 11) is -3.66. The maximum absolute atomic E-state index is 11.1. The van der Waals surface area contributed by atoms with Gasteiger partial charge in [0.2, 0.25) is 10.0 Å². The number of benzene rings is 1. The minimum Gasteiger partial charge on any atom is -0.492 e. The highest BCUT2D eigenvalue weighted by molar-refractivity contribution is 7.89. The van der Waals surface area contributed by atoms with Crippen molar-refractivity contribution in [3.05, 3.63) is 24.3 Å². The third kappa shape index (κ3) is 4.67. The third-order valence-corrected chi connectivity index (χ3v) is 4.70. The number of hydrogen-bond acceptors (Lipinski definition) is 5. The zero-order valence-corrected chi connectivity index (χ0v) is 12.9. The van der Waals surface area contributed by atoms with Crippen molar-refractivity contribution >= 4 is 10.0 Å². The molecule has 0 radical (unpaired) electrons. The van der Waals surface area contributed by atoms with E-state index in [1.807, 2.05) is 6.92 Å². The summed E-state index contributed by atoms with van der Waals surface area (Å²) in [6, 6.07) is 6.07. The predicted octanol–water partition coefficient (Wildman–Crippen LogP) is 0.415. The van der Waals surface area contributed by atoms with Crippen LogP contribution in [0.1, 0.15) is 13.3 Å². The molecule has 118 valence electrons. The Morgan fingerprint density at radius 2 is 2.05 bits per heavy atom. The van der Waals surface area contributed by atoms with Gasteiger partial charge in [-0.3, -0.25) is 4.90 Å². The van der Waals surface area contributed by atoms with Crippen molar-refractivity contribution in [3.8, 4) is 5.75 Å². The lowest BCUT2D eigenvalue weighted by atomic mass is 9.97. The molecule has 1 heterocycles. The van der Waals surface area contributed by atoms with Crippen LogP contribution in [0.4, 0.5) is 0 Å². The SMILES string of the molecule is CC1CN(CCOc2ccc(S(N)(=O)=O)cc2)CCC1O. The van der Waals surface area contributed by atoms with Crippen LogP contribution in [0.15, 0.2) is 29.2 Å². The number of rotatable bonds is 5. The maximum Gasteiger partial charge on any atom is 0.238 e. The second-order valence-corrected chi connectivity index (χ2v) is 7.06. The fraction of sp³-hybridized carbons (Fsp3) is 0.571. The minimum absolute atomic E-state index is 0.0775. The molecule has 1 fully saturated rings. The number of nitrogens with two attached hydrogens (primary N) is 1. The van der Waals surface area contributed by atoms with Gasteiger partial charge in [0.15, 0.2) is 0 Å². The zero-order chi connectivity index (χ0) is 15.5. The normalized spacial score (nSPS) is 24.0. The Balaban J connectivity index is 1.79. The van der Waals surface area contributed by atoms with Crippen molar-refractivity contribution in [1.29, 1.82) is 0 Å². The number of piperidine rings is 1. The average Bonchev–Trinajstić information content (AvgIpc) is 2.42. The fourth-order valence-electron chi connectivity index (χ4n) is 2.44. The van der Waals surface area contributed by atoms with Crippen LogP contribution in [0.5, 0.6) is 5.75 Å². The van der Waals surface area contributed by atoms with Crippen LogP contribution in [0, 0.1) is 5.92 Å². The molecule has 1 aromatic rings. The number of aliphatic hydroxyl groups is 1. The molecule has 3 N–H and O–H groups in total. The first kappa shape index (κ1) is 16.2. The van der Waals surface area contributed by atoms with E-state index < -0.39 is 10.0 Å².